The molecule has 0 spiro atoms. The Kier molecular flexibility index (Phi) is 3.18. The van der Waals surface area contributed by atoms with Crippen LogP contribution in [0, 0.1) is 0 Å². The third-order valence-corrected chi connectivity index (χ3v) is 3.17. The second kappa shape index (κ2) is 4.99. The number of hydrogen-bond donors (Lipinski definition) is 1. The Hall–Kier alpha value is -1.92. The summed E-state index contributed by atoms with van der Waals surface area (Å²) in [5.74, 6) is -0.140. The summed E-state index contributed by atoms with van der Waals surface area (Å²) in [6, 6.07) is 7.30. The fourth-order valence-electron chi connectivity index (χ4n) is 2.25. The second-order valence-electron chi connectivity index (χ2n) is 4.56. The number of carbonyl (C=O) groups is 1. The van der Waals surface area contributed by atoms with Crippen molar-refractivity contribution in [1.29, 1.82) is 0 Å². The van der Waals surface area contributed by atoms with Crippen LogP contribution >= 0.6 is 0 Å². The van der Waals surface area contributed by atoms with Crippen LogP contribution in [0.25, 0.3) is 5.52 Å². The number of rotatable bonds is 1. The average Bonchev–Trinajstić information content (AvgIpc) is 2.79. The zero-order valence-corrected chi connectivity index (χ0v) is 10.4. The number of hydrogen-bond acceptors (Lipinski definition) is 4. The number of carbonyl (C=O) groups excluding carboxylic acids is 1. The zero-order valence-electron chi connectivity index (χ0n) is 10.4. The molecule has 2 aromatic heterocycles. The highest BCUT2D eigenvalue weighted by atomic mass is 16.5. The largest absolute Gasteiger partial charge is 0.389 e. The molecule has 1 unspecified atom stereocenters. The number of aliphatic hydroxyl groups is 1. The van der Waals surface area contributed by atoms with Crippen LogP contribution in [0.3, 0.4) is 0 Å². The fraction of sp³-hybridized carbons (Fsp3) is 0.385. The van der Waals surface area contributed by atoms with Crippen molar-refractivity contribution in [3.05, 3.63) is 36.2 Å². The molecule has 1 N–H and O–H groups in total. The normalized spacial score (nSPS) is 20.5. The van der Waals surface area contributed by atoms with Gasteiger partial charge in [-0.25, -0.2) is 4.52 Å². The van der Waals surface area contributed by atoms with E-state index in [1.54, 1.807) is 21.7 Å². The van der Waals surface area contributed by atoms with Crippen LogP contribution < -0.4 is 0 Å². The number of nitrogens with zero attached hydrogens (tertiary/aromatic N) is 3. The number of amides is 1. The molecule has 100 valence electrons. The molecule has 3 rings (SSSR count). The Morgan fingerprint density at radius 1 is 1.42 bits per heavy atom. The molecule has 1 fully saturated rings. The molecule has 19 heavy (non-hydrogen) atoms. The lowest BCUT2D eigenvalue weighted by Crippen LogP contribution is -2.38. The minimum Gasteiger partial charge on any atom is -0.389 e. The van der Waals surface area contributed by atoms with E-state index in [1.165, 1.54) is 0 Å². The summed E-state index contributed by atoms with van der Waals surface area (Å²) in [5.41, 5.74) is 1.37. The smallest absolute Gasteiger partial charge is 0.272 e. The first-order valence-corrected chi connectivity index (χ1v) is 6.23. The van der Waals surface area contributed by atoms with Crippen molar-refractivity contribution in [1.82, 2.24) is 14.5 Å². The minimum atomic E-state index is -0.636. The van der Waals surface area contributed by atoms with E-state index in [4.69, 9.17) is 4.74 Å². The Labute approximate surface area is 110 Å². The Morgan fingerprint density at radius 3 is 3.21 bits per heavy atom. The first-order chi connectivity index (χ1) is 9.25. The van der Waals surface area contributed by atoms with E-state index in [9.17, 15) is 9.90 Å². The van der Waals surface area contributed by atoms with Crippen LogP contribution in [0.2, 0.25) is 0 Å². The first-order valence-electron chi connectivity index (χ1n) is 6.23. The van der Waals surface area contributed by atoms with Gasteiger partial charge in [-0.15, -0.1) is 0 Å². The standard InChI is InChI=1S/C13H15N3O3/c17-11-8-15(6-7-19-9-11)13(18)12-3-1-2-10-4-5-14-16(10)12/h1-5,11,17H,6-9H2. The molecule has 1 saturated heterocycles. The molecular weight excluding hydrogens is 246 g/mol. The van der Waals surface area contributed by atoms with E-state index < -0.39 is 6.10 Å². The van der Waals surface area contributed by atoms with Crippen LogP contribution in [-0.4, -0.2) is 57.9 Å². The van der Waals surface area contributed by atoms with Gasteiger partial charge in [0.25, 0.3) is 5.91 Å². The van der Waals surface area contributed by atoms with Gasteiger partial charge in [0.2, 0.25) is 0 Å². The SMILES string of the molecule is O=C(c1cccc2ccnn12)N1CCOCC(O)C1. The molecule has 0 aromatic carbocycles. The average molecular weight is 261 g/mol. The maximum atomic E-state index is 12.5. The lowest BCUT2D eigenvalue weighted by molar-refractivity contribution is 0.0532. The van der Waals surface area contributed by atoms with E-state index >= 15 is 0 Å². The van der Waals surface area contributed by atoms with E-state index in [0.717, 1.165) is 5.52 Å². The van der Waals surface area contributed by atoms with E-state index in [1.807, 2.05) is 18.2 Å². The van der Waals surface area contributed by atoms with E-state index in [2.05, 4.69) is 5.10 Å². The van der Waals surface area contributed by atoms with Gasteiger partial charge in [-0.1, -0.05) is 6.07 Å². The summed E-state index contributed by atoms with van der Waals surface area (Å²) in [7, 11) is 0. The van der Waals surface area contributed by atoms with Crippen LogP contribution in [0.15, 0.2) is 30.5 Å². The molecule has 6 heteroatoms. The number of pyridine rings is 1. The van der Waals surface area contributed by atoms with Gasteiger partial charge in [-0.2, -0.15) is 5.10 Å². The number of aliphatic hydroxyl groups excluding tert-OH is 1. The van der Waals surface area contributed by atoms with Crippen LogP contribution in [-0.2, 0) is 4.74 Å². The maximum absolute atomic E-state index is 12.5. The Bertz CT molecular complexity index is 596. The molecular formula is C13H15N3O3. The molecule has 1 aliphatic rings. The third-order valence-electron chi connectivity index (χ3n) is 3.17. The highest BCUT2D eigenvalue weighted by Gasteiger charge is 2.23. The van der Waals surface area contributed by atoms with Gasteiger partial charge in [0.1, 0.15) is 5.69 Å². The Morgan fingerprint density at radius 2 is 2.32 bits per heavy atom. The monoisotopic (exact) mass is 261 g/mol. The topological polar surface area (TPSA) is 67.1 Å². The van der Waals surface area contributed by atoms with Crippen molar-refractivity contribution >= 4 is 11.4 Å². The van der Waals surface area contributed by atoms with Gasteiger partial charge in [0, 0.05) is 13.1 Å². The summed E-state index contributed by atoms with van der Waals surface area (Å²) in [4.78, 5) is 14.1. The molecule has 0 radical (unpaired) electrons. The summed E-state index contributed by atoms with van der Waals surface area (Å²) in [6.45, 7) is 1.48. The van der Waals surface area contributed by atoms with Gasteiger partial charge < -0.3 is 14.7 Å². The highest BCUT2D eigenvalue weighted by molar-refractivity contribution is 5.93. The van der Waals surface area contributed by atoms with Crippen molar-refractivity contribution < 1.29 is 14.6 Å². The molecule has 1 amide bonds. The van der Waals surface area contributed by atoms with Crippen molar-refractivity contribution in [2.24, 2.45) is 0 Å². The minimum absolute atomic E-state index is 0.140. The molecule has 1 aliphatic heterocycles. The number of ether oxygens (including phenoxy) is 1. The number of fused-ring (bicyclic) bond motifs is 1. The first kappa shape index (κ1) is 12.1. The van der Waals surface area contributed by atoms with Crippen LogP contribution in [0.4, 0.5) is 0 Å². The Balaban J connectivity index is 1.92. The molecule has 0 saturated carbocycles. The molecule has 0 bridgehead atoms. The van der Waals surface area contributed by atoms with Crippen molar-refractivity contribution in [3.63, 3.8) is 0 Å². The third kappa shape index (κ3) is 2.32. The van der Waals surface area contributed by atoms with Crippen molar-refractivity contribution in [2.45, 2.75) is 6.10 Å². The van der Waals surface area contributed by atoms with Crippen molar-refractivity contribution in [2.75, 3.05) is 26.3 Å². The van der Waals surface area contributed by atoms with Crippen LogP contribution in [0.1, 0.15) is 10.5 Å². The summed E-state index contributed by atoms with van der Waals surface area (Å²) >= 11 is 0. The predicted molar refractivity (Wildman–Crippen MR) is 67.9 cm³/mol. The fourth-order valence-corrected chi connectivity index (χ4v) is 2.25. The highest BCUT2D eigenvalue weighted by Crippen LogP contribution is 2.11. The van der Waals surface area contributed by atoms with Gasteiger partial charge in [0.15, 0.2) is 0 Å². The molecule has 6 nitrogen and oxygen atoms in total. The number of aromatic nitrogens is 2. The second-order valence-corrected chi connectivity index (χ2v) is 4.56. The maximum Gasteiger partial charge on any atom is 0.272 e. The molecule has 0 aliphatic carbocycles. The van der Waals surface area contributed by atoms with Gasteiger partial charge in [-0.05, 0) is 18.2 Å². The molecule has 1 atom stereocenters. The van der Waals surface area contributed by atoms with E-state index in [0.29, 0.717) is 18.8 Å². The lowest BCUT2D eigenvalue weighted by Gasteiger charge is -2.21. The van der Waals surface area contributed by atoms with Gasteiger partial charge in [0.05, 0.1) is 31.0 Å². The summed E-state index contributed by atoms with van der Waals surface area (Å²) in [6.07, 6.45) is 1.02. The quantitative estimate of drug-likeness (QED) is 0.794. The number of β-amino-alcohol motifs (C(OH)–C–C–N with tert-alkyl or cyclic N) is 1. The van der Waals surface area contributed by atoms with E-state index in [-0.39, 0.29) is 19.1 Å². The predicted octanol–water partition coefficient (Wildman–Crippen LogP) is 0.168. The van der Waals surface area contributed by atoms with Gasteiger partial charge in [-0.3, -0.25) is 4.79 Å². The summed E-state index contributed by atoms with van der Waals surface area (Å²) in [5, 5.41) is 13.8. The molecule has 3 heterocycles. The molecule has 2 aromatic rings. The van der Waals surface area contributed by atoms with Crippen molar-refractivity contribution in [3.8, 4) is 0 Å². The lowest BCUT2D eigenvalue weighted by atomic mass is 10.2. The van der Waals surface area contributed by atoms with Crippen LogP contribution in [0.5, 0.6) is 0 Å². The van der Waals surface area contributed by atoms with Gasteiger partial charge >= 0.3 is 0 Å². The summed E-state index contributed by atoms with van der Waals surface area (Å²) < 4.78 is 6.84. The zero-order chi connectivity index (χ0) is 13.2.